The lowest BCUT2D eigenvalue weighted by Crippen LogP contribution is -2.28. The predicted molar refractivity (Wildman–Crippen MR) is 84.4 cm³/mol. The third-order valence-electron chi connectivity index (χ3n) is 3.40. The largest absolute Gasteiger partial charge is 0.281 e. The molecule has 2 aromatic rings. The molecule has 0 radical (unpaired) electrons. The molecule has 5 nitrogen and oxygen atoms in total. The van der Waals surface area contributed by atoms with Gasteiger partial charge in [0.25, 0.3) is 10.0 Å². The minimum absolute atomic E-state index is 0.0413. The number of hydrogen-bond donors (Lipinski definition) is 1. The van der Waals surface area contributed by atoms with Crippen molar-refractivity contribution >= 4 is 27.3 Å². The first-order chi connectivity index (χ1) is 9.78. The van der Waals surface area contributed by atoms with Gasteiger partial charge in [0, 0.05) is 7.05 Å². The minimum Gasteiger partial charge on any atom is -0.281 e. The number of hydrogen-bond acceptors (Lipinski definition) is 3. The molecule has 0 bridgehead atoms. The van der Waals surface area contributed by atoms with Crippen LogP contribution >= 0.6 is 11.6 Å². The van der Waals surface area contributed by atoms with Gasteiger partial charge in [-0.2, -0.15) is 5.10 Å². The van der Waals surface area contributed by atoms with Crippen molar-refractivity contribution in [2.75, 3.05) is 11.4 Å². The summed E-state index contributed by atoms with van der Waals surface area (Å²) in [4.78, 5) is 0.153. The van der Waals surface area contributed by atoms with Crippen molar-refractivity contribution in [1.82, 2.24) is 10.2 Å². The predicted octanol–water partition coefficient (Wildman–Crippen LogP) is 2.90. The van der Waals surface area contributed by atoms with Crippen molar-refractivity contribution in [2.24, 2.45) is 0 Å². The zero-order valence-electron chi connectivity index (χ0n) is 12.4. The van der Waals surface area contributed by atoms with Crippen LogP contribution in [-0.4, -0.2) is 25.7 Å². The molecule has 0 aliphatic rings. The average molecular weight is 328 g/mol. The van der Waals surface area contributed by atoms with Gasteiger partial charge in [-0.1, -0.05) is 17.7 Å². The molecule has 7 heteroatoms. The van der Waals surface area contributed by atoms with Crippen molar-refractivity contribution in [2.45, 2.75) is 31.5 Å². The molecule has 0 fully saturated rings. The minimum atomic E-state index is -3.70. The maximum atomic E-state index is 12.8. The van der Waals surface area contributed by atoms with Gasteiger partial charge in [0.15, 0.2) is 0 Å². The molecule has 0 aliphatic carbocycles. The van der Waals surface area contributed by atoms with E-state index in [2.05, 4.69) is 10.2 Å². The molecule has 1 heterocycles. The van der Waals surface area contributed by atoms with Crippen LogP contribution in [0.5, 0.6) is 0 Å². The Kier molecular flexibility index (Phi) is 4.30. The maximum Gasteiger partial charge on any atom is 0.267 e. The van der Waals surface area contributed by atoms with Crippen molar-refractivity contribution in [3.8, 4) is 0 Å². The van der Waals surface area contributed by atoms with Gasteiger partial charge in [0.2, 0.25) is 0 Å². The van der Waals surface area contributed by atoms with Gasteiger partial charge >= 0.3 is 0 Å². The highest BCUT2D eigenvalue weighted by Gasteiger charge is 2.29. The highest BCUT2D eigenvalue weighted by atomic mass is 35.5. The van der Waals surface area contributed by atoms with Crippen LogP contribution < -0.4 is 4.31 Å². The molecule has 0 unspecified atom stereocenters. The number of alkyl halides is 1. The van der Waals surface area contributed by atoms with E-state index in [-0.39, 0.29) is 10.8 Å². The first kappa shape index (κ1) is 15.9. The summed E-state index contributed by atoms with van der Waals surface area (Å²) in [5.74, 6) is 0.0413. The first-order valence-corrected chi connectivity index (χ1v) is 8.42. The quantitative estimate of drug-likeness (QED) is 0.878. The molecule has 0 saturated carbocycles. The van der Waals surface area contributed by atoms with Gasteiger partial charge in [-0.05, 0) is 32.4 Å². The van der Waals surface area contributed by atoms with Gasteiger partial charge in [0.05, 0.1) is 23.0 Å². The molecule has 2 rings (SSSR count). The summed E-state index contributed by atoms with van der Waals surface area (Å²) in [6.07, 6.45) is 0. The zero-order chi connectivity index (χ0) is 15.8. The molecule has 0 atom stereocenters. The Hall–Kier alpha value is -1.53. The van der Waals surface area contributed by atoms with Gasteiger partial charge in [-0.25, -0.2) is 8.42 Å². The van der Waals surface area contributed by atoms with Crippen LogP contribution in [0.3, 0.4) is 0 Å². The third-order valence-corrected chi connectivity index (χ3v) is 5.63. The van der Waals surface area contributed by atoms with Crippen LogP contribution in [0.4, 0.5) is 5.69 Å². The summed E-state index contributed by atoms with van der Waals surface area (Å²) in [5, 5.41) is 6.63. The Balaban J connectivity index is 2.55. The fourth-order valence-electron chi connectivity index (χ4n) is 2.33. The molecule has 0 aliphatic heterocycles. The monoisotopic (exact) mass is 327 g/mol. The second-order valence-corrected chi connectivity index (χ2v) is 7.19. The highest BCUT2D eigenvalue weighted by molar-refractivity contribution is 7.92. The van der Waals surface area contributed by atoms with E-state index < -0.39 is 10.0 Å². The van der Waals surface area contributed by atoms with Crippen molar-refractivity contribution in [3.05, 3.63) is 40.7 Å². The molecule has 0 spiro atoms. The molecule has 0 amide bonds. The summed E-state index contributed by atoms with van der Waals surface area (Å²) in [5.41, 5.74) is 3.45. The molecule has 1 aromatic heterocycles. The highest BCUT2D eigenvalue weighted by Crippen LogP contribution is 2.29. The van der Waals surface area contributed by atoms with E-state index in [9.17, 15) is 8.42 Å². The number of benzene rings is 1. The Morgan fingerprint density at radius 1 is 1.29 bits per heavy atom. The third kappa shape index (κ3) is 2.78. The molecule has 0 saturated heterocycles. The summed E-state index contributed by atoms with van der Waals surface area (Å²) < 4.78 is 27.0. The van der Waals surface area contributed by atoms with Crippen LogP contribution in [0.2, 0.25) is 0 Å². The normalized spacial score (nSPS) is 11.7. The van der Waals surface area contributed by atoms with Crippen LogP contribution in [0.15, 0.2) is 23.1 Å². The maximum absolute atomic E-state index is 12.8. The first-order valence-electron chi connectivity index (χ1n) is 6.45. The number of halogens is 1. The van der Waals surface area contributed by atoms with Crippen LogP contribution in [0.1, 0.15) is 22.5 Å². The topological polar surface area (TPSA) is 66.1 Å². The standard InChI is InChI=1S/C14H18ClN3O2S/c1-9-5-6-13(10(2)7-9)18(4)21(19,20)14-11(3)16-17-12(14)8-15/h5-7H,8H2,1-4H3,(H,16,17). The van der Waals surface area contributed by atoms with Crippen LogP contribution in [0.25, 0.3) is 0 Å². The smallest absolute Gasteiger partial charge is 0.267 e. The Bertz CT molecular complexity index is 769. The van der Waals surface area contributed by atoms with E-state index in [0.717, 1.165) is 11.1 Å². The van der Waals surface area contributed by atoms with Gasteiger partial charge in [-0.3, -0.25) is 9.40 Å². The summed E-state index contributed by atoms with van der Waals surface area (Å²) >= 11 is 5.79. The second kappa shape index (κ2) is 5.69. The summed E-state index contributed by atoms with van der Waals surface area (Å²) in [6, 6.07) is 5.64. The Morgan fingerprint density at radius 2 is 1.95 bits per heavy atom. The average Bonchev–Trinajstić information content (AvgIpc) is 2.79. The SMILES string of the molecule is Cc1ccc(N(C)S(=O)(=O)c2c(CCl)n[nH]c2C)c(C)c1. The van der Waals surface area contributed by atoms with E-state index in [1.54, 1.807) is 13.0 Å². The van der Waals surface area contributed by atoms with Crippen LogP contribution in [-0.2, 0) is 15.9 Å². The molecule has 1 N–H and O–H groups in total. The summed E-state index contributed by atoms with van der Waals surface area (Å²) in [7, 11) is -2.16. The Labute approximate surface area is 130 Å². The van der Waals surface area contributed by atoms with E-state index >= 15 is 0 Å². The second-order valence-electron chi connectivity index (χ2n) is 5.02. The fraction of sp³-hybridized carbons (Fsp3) is 0.357. The van der Waals surface area contributed by atoms with Crippen molar-refractivity contribution < 1.29 is 8.42 Å². The number of nitrogens with zero attached hydrogens (tertiary/aromatic N) is 2. The number of nitrogens with one attached hydrogen (secondary N) is 1. The lowest BCUT2D eigenvalue weighted by Gasteiger charge is -2.22. The number of H-pyrrole nitrogens is 1. The number of sulfonamides is 1. The van der Waals surface area contributed by atoms with Crippen molar-refractivity contribution in [1.29, 1.82) is 0 Å². The fourth-order valence-corrected chi connectivity index (χ4v) is 4.19. The van der Waals surface area contributed by atoms with Crippen LogP contribution in [0, 0.1) is 20.8 Å². The Morgan fingerprint density at radius 3 is 2.52 bits per heavy atom. The van der Waals surface area contributed by atoms with Gasteiger partial charge in [-0.15, -0.1) is 11.6 Å². The number of aromatic nitrogens is 2. The number of aryl methyl sites for hydroxylation is 3. The summed E-state index contributed by atoms with van der Waals surface area (Å²) in [6.45, 7) is 5.53. The number of aromatic amines is 1. The molecule has 114 valence electrons. The van der Waals surface area contributed by atoms with E-state index in [4.69, 9.17) is 11.6 Å². The lowest BCUT2D eigenvalue weighted by molar-refractivity contribution is 0.593. The molecular formula is C14H18ClN3O2S. The van der Waals surface area contributed by atoms with Gasteiger partial charge in [0.1, 0.15) is 4.90 Å². The van der Waals surface area contributed by atoms with E-state index in [1.165, 1.54) is 11.4 Å². The molecular weight excluding hydrogens is 310 g/mol. The zero-order valence-corrected chi connectivity index (χ0v) is 14.0. The molecule has 21 heavy (non-hydrogen) atoms. The molecule has 1 aromatic carbocycles. The van der Waals surface area contributed by atoms with E-state index in [0.29, 0.717) is 17.1 Å². The van der Waals surface area contributed by atoms with Crippen molar-refractivity contribution in [3.63, 3.8) is 0 Å². The number of anilines is 1. The lowest BCUT2D eigenvalue weighted by atomic mass is 10.1. The van der Waals surface area contributed by atoms with E-state index in [1.807, 2.05) is 26.0 Å². The number of rotatable bonds is 4. The van der Waals surface area contributed by atoms with Gasteiger partial charge < -0.3 is 0 Å².